The molecule has 0 amide bonds. The first kappa shape index (κ1) is 12.7. The number of benzene rings is 1. The van der Waals surface area contributed by atoms with E-state index in [1.807, 2.05) is 24.3 Å². The number of thiol groups is 1. The Morgan fingerprint density at radius 1 is 1.33 bits per heavy atom. The first-order chi connectivity index (χ1) is 7.26. The van der Waals surface area contributed by atoms with E-state index in [0.717, 1.165) is 29.6 Å². The molecule has 0 saturated heterocycles. The largest absolute Gasteiger partial charge is 0.493 e. The van der Waals surface area contributed by atoms with Gasteiger partial charge in [0.15, 0.2) is 0 Å². The van der Waals surface area contributed by atoms with Gasteiger partial charge in [-0.1, -0.05) is 24.9 Å². The minimum atomic E-state index is 0.536. The molecule has 0 aliphatic rings. The SMILES string of the molecule is CCCC(CS)COc1ccc(Cl)cc1. The Kier molecular flexibility index (Phi) is 5.96. The summed E-state index contributed by atoms with van der Waals surface area (Å²) >= 11 is 10.1. The zero-order valence-corrected chi connectivity index (χ0v) is 10.6. The van der Waals surface area contributed by atoms with E-state index in [9.17, 15) is 0 Å². The molecule has 0 heterocycles. The van der Waals surface area contributed by atoms with Gasteiger partial charge in [0, 0.05) is 10.9 Å². The number of hydrogen-bond acceptors (Lipinski definition) is 2. The van der Waals surface area contributed by atoms with Crippen LogP contribution in [-0.4, -0.2) is 12.4 Å². The molecule has 1 rings (SSSR count). The van der Waals surface area contributed by atoms with Gasteiger partial charge in [-0.15, -0.1) is 0 Å². The second-order valence-corrected chi connectivity index (χ2v) is 4.40. The Bertz CT molecular complexity index is 273. The monoisotopic (exact) mass is 244 g/mol. The van der Waals surface area contributed by atoms with Crippen molar-refractivity contribution in [3.8, 4) is 5.75 Å². The Labute approximate surface area is 102 Å². The highest BCUT2D eigenvalue weighted by atomic mass is 35.5. The van der Waals surface area contributed by atoms with Gasteiger partial charge in [0.05, 0.1) is 6.61 Å². The summed E-state index contributed by atoms with van der Waals surface area (Å²) in [5.74, 6) is 2.29. The molecule has 1 aromatic carbocycles. The molecule has 0 radical (unpaired) electrons. The van der Waals surface area contributed by atoms with Crippen molar-refractivity contribution in [2.45, 2.75) is 19.8 Å². The van der Waals surface area contributed by atoms with Gasteiger partial charge < -0.3 is 4.74 Å². The van der Waals surface area contributed by atoms with Crippen molar-refractivity contribution < 1.29 is 4.74 Å². The van der Waals surface area contributed by atoms with Crippen LogP contribution >= 0.6 is 24.2 Å². The highest BCUT2D eigenvalue weighted by Gasteiger charge is 2.06. The van der Waals surface area contributed by atoms with E-state index in [-0.39, 0.29) is 0 Å². The lowest BCUT2D eigenvalue weighted by atomic mass is 10.1. The predicted molar refractivity (Wildman–Crippen MR) is 69.2 cm³/mol. The molecule has 0 saturated carbocycles. The maximum atomic E-state index is 5.78. The molecule has 1 nitrogen and oxygen atoms in total. The molecule has 1 aromatic rings. The van der Waals surface area contributed by atoms with Crippen LogP contribution in [0.5, 0.6) is 5.75 Å². The van der Waals surface area contributed by atoms with Gasteiger partial charge in [0.25, 0.3) is 0 Å². The molecule has 0 aliphatic heterocycles. The van der Waals surface area contributed by atoms with E-state index in [2.05, 4.69) is 19.6 Å². The van der Waals surface area contributed by atoms with Gasteiger partial charge in [0.1, 0.15) is 5.75 Å². The standard InChI is InChI=1S/C12H17ClOS/c1-2-3-10(9-15)8-14-12-6-4-11(13)5-7-12/h4-7,10,15H,2-3,8-9H2,1H3. The van der Waals surface area contributed by atoms with Crippen molar-refractivity contribution in [2.75, 3.05) is 12.4 Å². The van der Waals surface area contributed by atoms with E-state index < -0.39 is 0 Å². The lowest BCUT2D eigenvalue weighted by Crippen LogP contribution is -2.13. The lowest BCUT2D eigenvalue weighted by Gasteiger charge is -2.14. The normalized spacial score (nSPS) is 12.5. The summed E-state index contributed by atoms with van der Waals surface area (Å²) in [5, 5.41) is 0.738. The van der Waals surface area contributed by atoms with Gasteiger partial charge in [-0.2, -0.15) is 12.6 Å². The molecule has 84 valence electrons. The quantitative estimate of drug-likeness (QED) is 0.743. The fourth-order valence-corrected chi connectivity index (χ4v) is 1.79. The van der Waals surface area contributed by atoms with E-state index in [1.54, 1.807) is 0 Å². The smallest absolute Gasteiger partial charge is 0.119 e. The van der Waals surface area contributed by atoms with Crippen LogP contribution < -0.4 is 4.74 Å². The van der Waals surface area contributed by atoms with Crippen LogP contribution in [0.3, 0.4) is 0 Å². The molecule has 0 bridgehead atoms. The molecule has 0 N–H and O–H groups in total. The third kappa shape index (κ3) is 4.80. The first-order valence-corrected chi connectivity index (χ1v) is 6.26. The maximum absolute atomic E-state index is 5.78. The zero-order chi connectivity index (χ0) is 11.1. The molecular weight excluding hydrogens is 228 g/mol. The van der Waals surface area contributed by atoms with Crippen molar-refractivity contribution in [3.63, 3.8) is 0 Å². The average molecular weight is 245 g/mol. The van der Waals surface area contributed by atoms with Crippen LogP contribution in [0.4, 0.5) is 0 Å². The third-order valence-corrected chi connectivity index (χ3v) is 3.02. The van der Waals surface area contributed by atoms with Crippen LogP contribution in [0.1, 0.15) is 19.8 Å². The topological polar surface area (TPSA) is 9.23 Å². The fourth-order valence-electron chi connectivity index (χ4n) is 1.38. The molecule has 0 aromatic heterocycles. The van der Waals surface area contributed by atoms with Crippen molar-refractivity contribution in [2.24, 2.45) is 5.92 Å². The van der Waals surface area contributed by atoms with Crippen molar-refractivity contribution in [1.82, 2.24) is 0 Å². The summed E-state index contributed by atoms with van der Waals surface area (Å²) in [5.41, 5.74) is 0. The molecule has 0 fully saturated rings. The zero-order valence-electron chi connectivity index (χ0n) is 8.95. The van der Waals surface area contributed by atoms with Crippen LogP contribution in [0.25, 0.3) is 0 Å². The molecule has 0 aliphatic carbocycles. The fraction of sp³-hybridized carbons (Fsp3) is 0.500. The van der Waals surface area contributed by atoms with Gasteiger partial charge >= 0.3 is 0 Å². The number of hydrogen-bond donors (Lipinski definition) is 1. The summed E-state index contributed by atoms with van der Waals surface area (Å²) in [4.78, 5) is 0. The molecule has 1 unspecified atom stereocenters. The summed E-state index contributed by atoms with van der Waals surface area (Å²) < 4.78 is 5.66. The Balaban J connectivity index is 2.38. The van der Waals surface area contributed by atoms with E-state index in [1.165, 1.54) is 6.42 Å². The van der Waals surface area contributed by atoms with Crippen LogP contribution in [0, 0.1) is 5.92 Å². The van der Waals surface area contributed by atoms with E-state index in [0.29, 0.717) is 5.92 Å². The molecule has 3 heteroatoms. The first-order valence-electron chi connectivity index (χ1n) is 5.25. The van der Waals surface area contributed by atoms with Gasteiger partial charge in [0.2, 0.25) is 0 Å². The van der Waals surface area contributed by atoms with Crippen molar-refractivity contribution in [1.29, 1.82) is 0 Å². The van der Waals surface area contributed by atoms with Gasteiger partial charge in [-0.3, -0.25) is 0 Å². The summed E-state index contributed by atoms with van der Waals surface area (Å²) in [6.07, 6.45) is 2.34. The summed E-state index contributed by atoms with van der Waals surface area (Å²) in [7, 11) is 0. The minimum absolute atomic E-state index is 0.536. The average Bonchev–Trinajstić information content (AvgIpc) is 2.26. The van der Waals surface area contributed by atoms with E-state index in [4.69, 9.17) is 16.3 Å². The number of halogens is 1. The molecule has 1 atom stereocenters. The van der Waals surface area contributed by atoms with Crippen molar-refractivity contribution >= 4 is 24.2 Å². The minimum Gasteiger partial charge on any atom is -0.493 e. The van der Waals surface area contributed by atoms with Gasteiger partial charge in [-0.25, -0.2) is 0 Å². The van der Waals surface area contributed by atoms with E-state index >= 15 is 0 Å². The maximum Gasteiger partial charge on any atom is 0.119 e. The third-order valence-electron chi connectivity index (χ3n) is 2.25. The van der Waals surface area contributed by atoms with Crippen LogP contribution in [0.2, 0.25) is 5.02 Å². The van der Waals surface area contributed by atoms with Crippen LogP contribution in [0.15, 0.2) is 24.3 Å². The summed E-state index contributed by atoms with van der Waals surface area (Å²) in [6, 6.07) is 7.46. The highest BCUT2D eigenvalue weighted by Crippen LogP contribution is 2.17. The Morgan fingerprint density at radius 3 is 2.53 bits per heavy atom. The highest BCUT2D eigenvalue weighted by molar-refractivity contribution is 7.80. The molecule has 0 spiro atoms. The Morgan fingerprint density at radius 2 is 2.00 bits per heavy atom. The number of rotatable bonds is 6. The van der Waals surface area contributed by atoms with Gasteiger partial charge in [-0.05, 0) is 36.4 Å². The molecule has 15 heavy (non-hydrogen) atoms. The predicted octanol–water partition coefficient (Wildman–Crippen LogP) is 4.06. The number of ether oxygens (including phenoxy) is 1. The Hall–Kier alpha value is -0.340. The van der Waals surface area contributed by atoms with Crippen LogP contribution in [-0.2, 0) is 0 Å². The second kappa shape index (κ2) is 7.02. The lowest BCUT2D eigenvalue weighted by molar-refractivity contribution is 0.254. The second-order valence-electron chi connectivity index (χ2n) is 3.60. The van der Waals surface area contributed by atoms with Crippen molar-refractivity contribution in [3.05, 3.63) is 29.3 Å². The molecular formula is C12H17ClOS. The summed E-state index contributed by atoms with van der Waals surface area (Å²) in [6.45, 7) is 2.91.